The maximum atomic E-state index is 9.94. The van der Waals surface area contributed by atoms with E-state index in [0.717, 1.165) is 18.7 Å². The van der Waals surface area contributed by atoms with E-state index in [4.69, 9.17) is 9.40 Å². The van der Waals surface area contributed by atoms with E-state index in [2.05, 4.69) is 19.9 Å². The SMILES string of the molecule is CC1CN(c2ncc(-c3cnccn3)c(-c3ccco3)n2)CCC1O. The molecule has 0 radical (unpaired) electrons. The van der Waals surface area contributed by atoms with Crippen molar-refractivity contribution in [1.29, 1.82) is 0 Å². The Labute approximate surface area is 145 Å². The molecule has 1 N–H and O–H groups in total. The van der Waals surface area contributed by atoms with Crippen molar-refractivity contribution in [3.8, 4) is 22.7 Å². The zero-order valence-corrected chi connectivity index (χ0v) is 13.9. The van der Waals surface area contributed by atoms with Gasteiger partial charge < -0.3 is 14.4 Å². The van der Waals surface area contributed by atoms with Crippen molar-refractivity contribution in [1.82, 2.24) is 19.9 Å². The van der Waals surface area contributed by atoms with Gasteiger partial charge >= 0.3 is 0 Å². The van der Waals surface area contributed by atoms with Gasteiger partial charge in [-0.2, -0.15) is 0 Å². The lowest BCUT2D eigenvalue weighted by atomic mass is 9.97. The third-order valence-electron chi connectivity index (χ3n) is 4.51. The number of aromatic nitrogens is 4. The number of piperidine rings is 1. The van der Waals surface area contributed by atoms with Gasteiger partial charge in [-0.15, -0.1) is 0 Å². The fourth-order valence-electron chi connectivity index (χ4n) is 3.07. The van der Waals surface area contributed by atoms with Crippen LogP contribution in [0, 0.1) is 5.92 Å². The number of hydrogen-bond acceptors (Lipinski definition) is 7. The number of aliphatic hydroxyl groups is 1. The lowest BCUT2D eigenvalue weighted by molar-refractivity contribution is 0.0966. The van der Waals surface area contributed by atoms with Crippen LogP contribution in [-0.2, 0) is 0 Å². The third-order valence-corrected chi connectivity index (χ3v) is 4.51. The molecule has 128 valence electrons. The summed E-state index contributed by atoms with van der Waals surface area (Å²) >= 11 is 0. The minimum Gasteiger partial charge on any atom is -0.463 e. The first-order chi connectivity index (χ1) is 12.2. The molecule has 0 spiro atoms. The molecular weight excluding hydrogens is 318 g/mol. The summed E-state index contributed by atoms with van der Waals surface area (Å²) in [4.78, 5) is 19.9. The molecule has 1 saturated heterocycles. The monoisotopic (exact) mass is 337 g/mol. The molecule has 3 aromatic rings. The summed E-state index contributed by atoms with van der Waals surface area (Å²) in [7, 11) is 0. The molecule has 0 aliphatic carbocycles. The van der Waals surface area contributed by atoms with Crippen LogP contribution in [0.4, 0.5) is 5.95 Å². The lowest BCUT2D eigenvalue weighted by Crippen LogP contribution is -2.42. The number of rotatable bonds is 3. The van der Waals surface area contributed by atoms with Crippen molar-refractivity contribution in [3.05, 3.63) is 43.2 Å². The first kappa shape index (κ1) is 15.7. The van der Waals surface area contributed by atoms with Crippen molar-refractivity contribution in [2.45, 2.75) is 19.4 Å². The van der Waals surface area contributed by atoms with Gasteiger partial charge in [0.15, 0.2) is 5.76 Å². The van der Waals surface area contributed by atoms with E-state index in [9.17, 15) is 5.11 Å². The highest BCUT2D eigenvalue weighted by Gasteiger charge is 2.26. The van der Waals surface area contributed by atoms with Gasteiger partial charge in [-0.05, 0) is 24.5 Å². The molecule has 0 saturated carbocycles. The molecular formula is C18H19N5O2. The van der Waals surface area contributed by atoms with Gasteiger partial charge in [-0.3, -0.25) is 9.97 Å². The molecule has 2 atom stereocenters. The van der Waals surface area contributed by atoms with Crippen LogP contribution in [0.25, 0.3) is 22.7 Å². The molecule has 2 unspecified atom stereocenters. The second-order valence-electron chi connectivity index (χ2n) is 6.28. The predicted octanol–water partition coefficient (Wildman–Crippen LogP) is 2.40. The Hall–Kier alpha value is -2.80. The minimum absolute atomic E-state index is 0.184. The summed E-state index contributed by atoms with van der Waals surface area (Å²) in [5, 5.41) is 9.94. The van der Waals surface area contributed by atoms with Crippen LogP contribution >= 0.6 is 0 Å². The van der Waals surface area contributed by atoms with Crippen LogP contribution in [0.3, 0.4) is 0 Å². The second kappa shape index (κ2) is 6.60. The van der Waals surface area contributed by atoms with E-state index in [-0.39, 0.29) is 12.0 Å². The van der Waals surface area contributed by atoms with Crippen molar-refractivity contribution >= 4 is 5.95 Å². The average molecular weight is 337 g/mol. The first-order valence-corrected chi connectivity index (χ1v) is 8.32. The van der Waals surface area contributed by atoms with Gasteiger partial charge in [-0.25, -0.2) is 9.97 Å². The van der Waals surface area contributed by atoms with E-state index < -0.39 is 0 Å². The topological polar surface area (TPSA) is 88.2 Å². The Morgan fingerprint density at radius 1 is 1.24 bits per heavy atom. The number of furan rings is 1. The van der Waals surface area contributed by atoms with Crippen LogP contribution < -0.4 is 4.90 Å². The molecule has 1 fully saturated rings. The first-order valence-electron chi connectivity index (χ1n) is 8.32. The molecule has 4 heterocycles. The molecule has 4 rings (SSSR count). The minimum atomic E-state index is -0.264. The van der Waals surface area contributed by atoms with Crippen molar-refractivity contribution < 1.29 is 9.52 Å². The molecule has 0 aromatic carbocycles. The highest BCUT2D eigenvalue weighted by atomic mass is 16.3. The summed E-state index contributed by atoms with van der Waals surface area (Å²) in [6, 6.07) is 3.70. The Kier molecular flexibility index (Phi) is 4.15. The molecule has 7 nitrogen and oxygen atoms in total. The van der Waals surface area contributed by atoms with Gasteiger partial charge in [0.05, 0.1) is 24.3 Å². The maximum absolute atomic E-state index is 9.94. The number of hydrogen-bond donors (Lipinski definition) is 1. The Balaban J connectivity index is 1.75. The van der Waals surface area contributed by atoms with Crippen LogP contribution in [0.1, 0.15) is 13.3 Å². The van der Waals surface area contributed by atoms with Gasteiger partial charge in [0.25, 0.3) is 0 Å². The Morgan fingerprint density at radius 3 is 2.88 bits per heavy atom. The van der Waals surface area contributed by atoms with Crippen LogP contribution in [0.2, 0.25) is 0 Å². The lowest BCUT2D eigenvalue weighted by Gasteiger charge is -2.34. The third kappa shape index (κ3) is 3.10. The van der Waals surface area contributed by atoms with Gasteiger partial charge in [0, 0.05) is 37.2 Å². The standard InChI is InChI=1S/C18H19N5O2/c1-12-11-23(7-4-15(12)24)18-21-9-13(14-10-19-5-6-20-14)17(22-18)16-3-2-8-25-16/h2-3,5-6,8-10,12,15,24H,4,7,11H2,1H3. The largest absolute Gasteiger partial charge is 0.463 e. The number of anilines is 1. The quantitative estimate of drug-likeness (QED) is 0.785. The maximum Gasteiger partial charge on any atom is 0.226 e. The zero-order valence-electron chi connectivity index (χ0n) is 13.9. The highest BCUT2D eigenvalue weighted by Crippen LogP contribution is 2.31. The number of aliphatic hydroxyl groups excluding tert-OH is 1. The summed E-state index contributed by atoms with van der Waals surface area (Å²) in [6.07, 6.45) is 8.79. The van der Waals surface area contributed by atoms with Crippen LogP contribution in [0.15, 0.2) is 47.6 Å². The Morgan fingerprint density at radius 2 is 2.16 bits per heavy atom. The fraction of sp³-hybridized carbons (Fsp3) is 0.333. The Bertz CT molecular complexity index is 838. The highest BCUT2D eigenvalue weighted by molar-refractivity contribution is 5.76. The van der Waals surface area contributed by atoms with Crippen molar-refractivity contribution in [3.63, 3.8) is 0 Å². The van der Waals surface area contributed by atoms with Crippen LogP contribution in [0.5, 0.6) is 0 Å². The average Bonchev–Trinajstić information content (AvgIpc) is 3.19. The summed E-state index contributed by atoms with van der Waals surface area (Å²) < 4.78 is 5.57. The number of nitrogens with zero attached hydrogens (tertiary/aromatic N) is 5. The molecule has 25 heavy (non-hydrogen) atoms. The fourth-order valence-corrected chi connectivity index (χ4v) is 3.07. The summed E-state index contributed by atoms with van der Waals surface area (Å²) in [5.41, 5.74) is 2.16. The van der Waals surface area contributed by atoms with E-state index in [1.807, 2.05) is 19.1 Å². The molecule has 1 aliphatic rings. The normalized spacial score (nSPS) is 20.6. The van der Waals surface area contributed by atoms with E-state index >= 15 is 0 Å². The van der Waals surface area contributed by atoms with Crippen molar-refractivity contribution in [2.24, 2.45) is 5.92 Å². The summed E-state index contributed by atoms with van der Waals surface area (Å²) in [5.74, 6) is 1.48. The van der Waals surface area contributed by atoms with Crippen LogP contribution in [-0.4, -0.2) is 44.2 Å². The summed E-state index contributed by atoms with van der Waals surface area (Å²) in [6.45, 7) is 3.50. The molecule has 7 heteroatoms. The predicted molar refractivity (Wildman–Crippen MR) is 92.8 cm³/mol. The smallest absolute Gasteiger partial charge is 0.226 e. The second-order valence-corrected chi connectivity index (χ2v) is 6.28. The van der Waals surface area contributed by atoms with Gasteiger partial charge in [0.2, 0.25) is 5.95 Å². The molecule has 1 aliphatic heterocycles. The zero-order chi connectivity index (χ0) is 17.2. The molecule has 0 amide bonds. The van der Waals surface area contributed by atoms with E-state index in [0.29, 0.717) is 29.5 Å². The molecule has 3 aromatic heterocycles. The van der Waals surface area contributed by atoms with E-state index in [1.54, 1.807) is 31.1 Å². The van der Waals surface area contributed by atoms with Gasteiger partial charge in [0.1, 0.15) is 5.69 Å². The van der Waals surface area contributed by atoms with E-state index in [1.165, 1.54) is 0 Å². The van der Waals surface area contributed by atoms with Crippen molar-refractivity contribution in [2.75, 3.05) is 18.0 Å². The molecule has 0 bridgehead atoms. The van der Waals surface area contributed by atoms with Gasteiger partial charge in [-0.1, -0.05) is 6.92 Å².